The maximum Gasteiger partial charge on any atom is 0.305 e. The van der Waals surface area contributed by atoms with Crippen LogP contribution < -0.4 is 10.5 Å². The van der Waals surface area contributed by atoms with Crippen LogP contribution in [0.15, 0.2) is 12.4 Å². The first kappa shape index (κ1) is 10.4. The Balaban J connectivity index is 2.71. The van der Waals surface area contributed by atoms with Crippen LogP contribution in [0.25, 0.3) is 0 Å². The molecule has 0 radical (unpaired) electrons. The molecule has 1 heterocycles. The Bertz CT molecular complexity index is 312. The lowest BCUT2D eigenvalue weighted by Gasteiger charge is -2.07. The van der Waals surface area contributed by atoms with Crippen LogP contribution in [0.1, 0.15) is 18.3 Å². The van der Waals surface area contributed by atoms with E-state index in [0.717, 1.165) is 0 Å². The number of hydrogen-bond donors (Lipinski definition) is 2. The Morgan fingerprint density at radius 2 is 2.21 bits per heavy atom. The van der Waals surface area contributed by atoms with Gasteiger partial charge in [0, 0.05) is 0 Å². The smallest absolute Gasteiger partial charge is 0.305 e. The Kier molecular flexibility index (Phi) is 3.35. The van der Waals surface area contributed by atoms with Gasteiger partial charge in [0.2, 0.25) is 0 Å². The number of ether oxygens (including phenoxy) is 1. The highest BCUT2D eigenvalue weighted by atomic mass is 16.5. The molecule has 1 atom stereocenters. The lowest BCUT2D eigenvalue weighted by atomic mass is 10.2. The molecule has 0 aliphatic carbocycles. The van der Waals surface area contributed by atoms with E-state index in [2.05, 4.69) is 9.97 Å². The van der Waals surface area contributed by atoms with Gasteiger partial charge in [-0.3, -0.25) is 4.79 Å². The maximum absolute atomic E-state index is 10.3. The van der Waals surface area contributed by atoms with E-state index in [4.69, 9.17) is 15.6 Å². The summed E-state index contributed by atoms with van der Waals surface area (Å²) in [6.45, 7) is 0. The lowest BCUT2D eigenvalue weighted by molar-refractivity contribution is -0.137. The van der Waals surface area contributed by atoms with Crippen LogP contribution >= 0.6 is 0 Å². The van der Waals surface area contributed by atoms with E-state index in [1.165, 1.54) is 19.5 Å². The van der Waals surface area contributed by atoms with E-state index in [1.807, 2.05) is 0 Å². The van der Waals surface area contributed by atoms with Crippen LogP contribution in [-0.2, 0) is 4.79 Å². The molecule has 1 unspecified atom stereocenters. The van der Waals surface area contributed by atoms with Gasteiger partial charge >= 0.3 is 5.97 Å². The quantitative estimate of drug-likeness (QED) is 0.702. The van der Waals surface area contributed by atoms with Crippen molar-refractivity contribution in [3.05, 3.63) is 18.2 Å². The van der Waals surface area contributed by atoms with Gasteiger partial charge in [-0.2, -0.15) is 0 Å². The van der Waals surface area contributed by atoms with Crippen LogP contribution in [0.3, 0.4) is 0 Å². The number of carbonyl (C=O) groups is 1. The van der Waals surface area contributed by atoms with Gasteiger partial charge in [0.1, 0.15) is 5.82 Å². The SMILES string of the molecule is COc1cnc(C(N)CC(=O)O)nc1. The number of hydrogen-bond acceptors (Lipinski definition) is 5. The summed E-state index contributed by atoms with van der Waals surface area (Å²) in [5.74, 6) is -0.165. The van der Waals surface area contributed by atoms with Crippen LogP contribution in [-0.4, -0.2) is 28.2 Å². The summed E-state index contributed by atoms with van der Waals surface area (Å²) >= 11 is 0. The Morgan fingerprint density at radius 1 is 1.64 bits per heavy atom. The minimum absolute atomic E-state index is 0.188. The third-order valence-electron chi connectivity index (χ3n) is 1.61. The van der Waals surface area contributed by atoms with Gasteiger partial charge in [0.05, 0.1) is 32.0 Å². The van der Waals surface area contributed by atoms with Crippen LogP contribution in [0.2, 0.25) is 0 Å². The summed E-state index contributed by atoms with van der Waals surface area (Å²) in [5, 5.41) is 8.49. The van der Waals surface area contributed by atoms with Crippen LogP contribution in [0, 0.1) is 0 Å². The van der Waals surface area contributed by atoms with Gasteiger partial charge in [-0.15, -0.1) is 0 Å². The van der Waals surface area contributed by atoms with Gasteiger partial charge < -0.3 is 15.6 Å². The van der Waals surface area contributed by atoms with Crippen molar-refractivity contribution in [1.82, 2.24) is 9.97 Å². The second-order valence-corrected chi connectivity index (χ2v) is 2.69. The normalized spacial score (nSPS) is 12.1. The number of methoxy groups -OCH3 is 1. The van der Waals surface area contributed by atoms with E-state index in [0.29, 0.717) is 11.6 Å². The minimum atomic E-state index is -0.975. The highest BCUT2D eigenvalue weighted by molar-refractivity contribution is 5.67. The highest BCUT2D eigenvalue weighted by Crippen LogP contribution is 2.11. The molecule has 6 nitrogen and oxygen atoms in total. The molecule has 3 N–H and O–H groups in total. The van der Waals surface area contributed by atoms with Crippen molar-refractivity contribution in [3.63, 3.8) is 0 Å². The molecule has 0 aromatic carbocycles. The van der Waals surface area contributed by atoms with E-state index in [-0.39, 0.29) is 6.42 Å². The Morgan fingerprint density at radius 3 is 2.64 bits per heavy atom. The summed E-state index contributed by atoms with van der Waals surface area (Å²) in [6, 6.07) is -0.682. The first-order valence-electron chi connectivity index (χ1n) is 3.96. The molecule has 0 saturated heterocycles. The van der Waals surface area contributed by atoms with Crippen LogP contribution in [0.4, 0.5) is 0 Å². The second kappa shape index (κ2) is 4.52. The molecule has 0 bridgehead atoms. The lowest BCUT2D eigenvalue weighted by Crippen LogP contribution is -2.17. The molecule has 0 spiro atoms. The molecular formula is C8H11N3O3. The van der Waals surface area contributed by atoms with E-state index < -0.39 is 12.0 Å². The zero-order valence-electron chi connectivity index (χ0n) is 7.67. The van der Waals surface area contributed by atoms with Crippen molar-refractivity contribution >= 4 is 5.97 Å². The number of nitrogens with zero attached hydrogens (tertiary/aromatic N) is 2. The van der Waals surface area contributed by atoms with Gasteiger partial charge in [0.15, 0.2) is 5.75 Å². The molecule has 0 aliphatic rings. The van der Waals surface area contributed by atoms with Crippen molar-refractivity contribution in [2.45, 2.75) is 12.5 Å². The third kappa shape index (κ3) is 2.67. The molecule has 6 heteroatoms. The van der Waals surface area contributed by atoms with Crippen molar-refractivity contribution < 1.29 is 14.6 Å². The average molecular weight is 197 g/mol. The molecule has 0 aliphatic heterocycles. The Hall–Kier alpha value is -1.69. The number of aromatic nitrogens is 2. The number of rotatable bonds is 4. The number of carboxylic acids is 1. The van der Waals surface area contributed by atoms with Gasteiger partial charge in [-0.1, -0.05) is 0 Å². The molecule has 1 rings (SSSR count). The topological polar surface area (TPSA) is 98.3 Å². The maximum atomic E-state index is 10.3. The van der Waals surface area contributed by atoms with Gasteiger partial charge in [0.25, 0.3) is 0 Å². The monoisotopic (exact) mass is 197 g/mol. The summed E-state index contributed by atoms with van der Waals surface area (Å²) in [5.41, 5.74) is 5.54. The fourth-order valence-electron chi connectivity index (χ4n) is 0.902. The molecular weight excluding hydrogens is 186 g/mol. The highest BCUT2D eigenvalue weighted by Gasteiger charge is 2.12. The van der Waals surface area contributed by atoms with E-state index >= 15 is 0 Å². The largest absolute Gasteiger partial charge is 0.494 e. The average Bonchev–Trinajstić information content (AvgIpc) is 2.17. The zero-order valence-corrected chi connectivity index (χ0v) is 7.67. The molecule has 0 amide bonds. The van der Waals surface area contributed by atoms with Gasteiger partial charge in [-0.05, 0) is 0 Å². The van der Waals surface area contributed by atoms with Crippen molar-refractivity contribution in [1.29, 1.82) is 0 Å². The zero-order chi connectivity index (χ0) is 10.6. The van der Waals surface area contributed by atoms with E-state index in [1.54, 1.807) is 0 Å². The Labute approximate surface area is 80.7 Å². The number of nitrogens with two attached hydrogens (primary N) is 1. The van der Waals surface area contributed by atoms with Gasteiger partial charge in [-0.25, -0.2) is 9.97 Å². The fourth-order valence-corrected chi connectivity index (χ4v) is 0.902. The van der Waals surface area contributed by atoms with Crippen molar-refractivity contribution in [3.8, 4) is 5.75 Å². The molecule has 0 fully saturated rings. The number of carboxylic acid groups (broad SMARTS) is 1. The molecule has 1 aromatic heterocycles. The van der Waals surface area contributed by atoms with E-state index in [9.17, 15) is 4.79 Å². The second-order valence-electron chi connectivity index (χ2n) is 2.69. The standard InChI is InChI=1S/C8H11N3O3/c1-14-5-3-10-8(11-4-5)6(9)2-7(12)13/h3-4,6H,2,9H2,1H3,(H,12,13). The number of aliphatic carboxylic acids is 1. The third-order valence-corrected chi connectivity index (χ3v) is 1.61. The molecule has 14 heavy (non-hydrogen) atoms. The molecule has 76 valence electrons. The van der Waals surface area contributed by atoms with Crippen LogP contribution in [0.5, 0.6) is 5.75 Å². The summed E-state index contributed by atoms with van der Waals surface area (Å²) in [6.07, 6.45) is 2.71. The molecule has 0 saturated carbocycles. The first-order valence-corrected chi connectivity index (χ1v) is 3.96. The summed E-state index contributed by atoms with van der Waals surface area (Å²) in [7, 11) is 1.50. The minimum Gasteiger partial charge on any atom is -0.494 e. The summed E-state index contributed by atoms with van der Waals surface area (Å²) in [4.78, 5) is 18.1. The van der Waals surface area contributed by atoms with Crippen molar-refractivity contribution in [2.24, 2.45) is 5.73 Å². The fraction of sp³-hybridized carbons (Fsp3) is 0.375. The predicted molar refractivity (Wildman–Crippen MR) is 47.8 cm³/mol. The van der Waals surface area contributed by atoms with Crippen molar-refractivity contribution in [2.75, 3.05) is 7.11 Å². The summed E-state index contributed by atoms with van der Waals surface area (Å²) < 4.78 is 4.85. The predicted octanol–water partition coefficient (Wildman–Crippen LogP) is -0.0403. The molecule has 1 aromatic rings. The first-order chi connectivity index (χ1) is 6.63.